The SMILES string of the molecule is CSc1cccc(NC(=O)CN(Cc2ccc(Cl)c(Cl)c2)S(C)(=O)=O)c1. The lowest BCUT2D eigenvalue weighted by atomic mass is 10.2. The monoisotopic (exact) mass is 432 g/mol. The van der Waals surface area contributed by atoms with Crippen molar-refractivity contribution in [3.05, 3.63) is 58.1 Å². The maximum Gasteiger partial charge on any atom is 0.239 e. The van der Waals surface area contributed by atoms with Crippen molar-refractivity contribution < 1.29 is 13.2 Å². The lowest BCUT2D eigenvalue weighted by molar-refractivity contribution is -0.116. The van der Waals surface area contributed by atoms with E-state index < -0.39 is 15.9 Å². The summed E-state index contributed by atoms with van der Waals surface area (Å²) in [6.45, 7) is -0.281. The predicted molar refractivity (Wildman–Crippen MR) is 109 cm³/mol. The second kappa shape index (κ2) is 9.10. The Morgan fingerprint density at radius 3 is 2.50 bits per heavy atom. The van der Waals surface area contributed by atoms with E-state index in [9.17, 15) is 13.2 Å². The number of carbonyl (C=O) groups excluding carboxylic acids is 1. The third kappa shape index (κ3) is 6.17. The summed E-state index contributed by atoms with van der Waals surface area (Å²) in [6.07, 6.45) is 3.00. The highest BCUT2D eigenvalue weighted by Gasteiger charge is 2.21. The molecule has 0 saturated carbocycles. The number of nitrogens with zero attached hydrogens (tertiary/aromatic N) is 1. The molecule has 0 saturated heterocycles. The van der Waals surface area contributed by atoms with Crippen LogP contribution in [0.3, 0.4) is 0 Å². The van der Waals surface area contributed by atoms with Crippen molar-refractivity contribution >= 4 is 56.6 Å². The number of amides is 1. The molecule has 1 amide bonds. The Morgan fingerprint density at radius 2 is 1.88 bits per heavy atom. The number of carbonyl (C=O) groups is 1. The van der Waals surface area contributed by atoms with Gasteiger partial charge in [0, 0.05) is 17.1 Å². The molecule has 0 aliphatic rings. The van der Waals surface area contributed by atoms with Crippen LogP contribution in [0.5, 0.6) is 0 Å². The highest BCUT2D eigenvalue weighted by Crippen LogP contribution is 2.24. The van der Waals surface area contributed by atoms with E-state index in [2.05, 4.69) is 5.32 Å². The van der Waals surface area contributed by atoms with Crippen molar-refractivity contribution in [3.8, 4) is 0 Å². The summed E-state index contributed by atoms with van der Waals surface area (Å²) in [5.41, 5.74) is 1.26. The lowest BCUT2D eigenvalue weighted by Gasteiger charge is -2.20. The number of halogens is 2. The number of hydrogen-bond donors (Lipinski definition) is 1. The van der Waals surface area contributed by atoms with E-state index in [1.807, 2.05) is 24.5 Å². The minimum absolute atomic E-state index is 0.0218. The van der Waals surface area contributed by atoms with Gasteiger partial charge >= 0.3 is 0 Å². The van der Waals surface area contributed by atoms with E-state index in [1.54, 1.807) is 36.0 Å². The Balaban J connectivity index is 2.12. The van der Waals surface area contributed by atoms with Crippen molar-refractivity contribution in [2.75, 3.05) is 24.4 Å². The maximum atomic E-state index is 12.3. The van der Waals surface area contributed by atoms with E-state index in [4.69, 9.17) is 23.2 Å². The fourth-order valence-corrected chi connectivity index (χ4v) is 3.71. The van der Waals surface area contributed by atoms with Crippen LogP contribution in [0, 0.1) is 0 Å². The fraction of sp³-hybridized carbons (Fsp3) is 0.235. The Labute approximate surface area is 167 Å². The van der Waals surface area contributed by atoms with Crippen molar-refractivity contribution in [1.82, 2.24) is 4.31 Å². The molecule has 0 aromatic heterocycles. The van der Waals surface area contributed by atoms with Gasteiger partial charge in [-0.25, -0.2) is 8.42 Å². The van der Waals surface area contributed by atoms with Crippen LogP contribution in [-0.4, -0.2) is 37.7 Å². The summed E-state index contributed by atoms with van der Waals surface area (Å²) in [7, 11) is -3.59. The van der Waals surface area contributed by atoms with Crippen molar-refractivity contribution in [2.45, 2.75) is 11.4 Å². The van der Waals surface area contributed by atoms with Gasteiger partial charge in [-0.3, -0.25) is 4.79 Å². The van der Waals surface area contributed by atoms with Crippen LogP contribution in [0.2, 0.25) is 10.0 Å². The number of nitrogens with one attached hydrogen (secondary N) is 1. The number of sulfonamides is 1. The minimum atomic E-state index is -3.59. The molecule has 0 unspecified atom stereocenters. The van der Waals surface area contributed by atoms with Crippen LogP contribution in [0.1, 0.15) is 5.56 Å². The van der Waals surface area contributed by atoms with Gasteiger partial charge in [0.1, 0.15) is 0 Å². The Morgan fingerprint density at radius 1 is 1.15 bits per heavy atom. The molecule has 0 spiro atoms. The zero-order valence-electron chi connectivity index (χ0n) is 14.2. The number of rotatable bonds is 7. The van der Waals surface area contributed by atoms with Crippen LogP contribution in [0.4, 0.5) is 5.69 Å². The topological polar surface area (TPSA) is 66.5 Å². The molecule has 26 heavy (non-hydrogen) atoms. The molecule has 0 heterocycles. The first-order valence-corrected chi connectivity index (χ1v) is 11.3. The largest absolute Gasteiger partial charge is 0.325 e. The maximum absolute atomic E-state index is 12.3. The molecular formula is C17H18Cl2N2O3S2. The molecule has 9 heteroatoms. The van der Waals surface area contributed by atoms with Crippen LogP contribution in [0.15, 0.2) is 47.4 Å². The van der Waals surface area contributed by atoms with E-state index in [0.717, 1.165) is 15.5 Å². The second-order valence-electron chi connectivity index (χ2n) is 5.56. The zero-order valence-corrected chi connectivity index (χ0v) is 17.3. The van der Waals surface area contributed by atoms with Crippen LogP contribution in [-0.2, 0) is 21.4 Å². The van der Waals surface area contributed by atoms with Crippen molar-refractivity contribution in [2.24, 2.45) is 0 Å². The normalized spacial score (nSPS) is 11.6. The standard InChI is InChI=1S/C17H18Cl2N2O3S2/c1-25-14-5-3-4-13(9-14)20-17(22)11-21(26(2,23)24)10-12-6-7-15(18)16(19)8-12/h3-9H,10-11H2,1-2H3,(H,20,22). The summed E-state index contributed by atoms with van der Waals surface area (Å²) in [6, 6.07) is 12.2. The van der Waals surface area contributed by atoms with Gasteiger partial charge in [0.2, 0.25) is 15.9 Å². The fourth-order valence-electron chi connectivity index (χ4n) is 2.19. The van der Waals surface area contributed by atoms with Gasteiger partial charge in [-0.1, -0.05) is 35.3 Å². The molecule has 2 rings (SSSR count). The van der Waals surface area contributed by atoms with Crippen molar-refractivity contribution in [3.63, 3.8) is 0 Å². The first-order valence-electron chi connectivity index (χ1n) is 7.52. The summed E-state index contributed by atoms with van der Waals surface area (Å²) >= 11 is 13.4. The predicted octanol–water partition coefficient (Wildman–Crippen LogP) is 4.12. The summed E-state index contributed by atoms with van der Waals surface area (Å²) in [5.74, 6) is -0.422. The Hall–Kier alpha value is -1.25. The van der Waals surface area contributed by atoms with E-state index in [1.165, 1.54) is 0 Å². The van der Waals surface area contributed by atoms with E-state index in [0.29, 0.717) is 21.3 Å². The van der Waals surface area contributed by atoms with Gasteiger partial charge in [-0.15, -0.1) is 11.8 Å². The average Bonchev–Trinajstić information content (AvgIpc) is 2.57. The number of benzene rings is 2. The molecule has 0 atom stereocenters. The molecule has 1 N–H and O–H groups in total. The van der Waals surface area contributed by atoms with Gasteiger partial charge < -0.3 is 5.32 Å². The number of thioether (sulfide) groups is 1. The van der Waals surface area contributed by atoms with Crippen molar-refractivity contribution in [1.29, 1.82) is 0 Å². The molecule has 0 radical (unpaired) electrons. The molecule has 0 aliphatic heterocycles. The van der Waals surface area contributed by atoms with Crippen LogP contribution < -0.4 is 5.32 Å². The van der Waals surface area contributed by atoms with Crippen LogP contribution >= 0.6 is 35.0 Å². The molecule has 0 bridgehead atoms. The summed E-state index contributed by atoms with van der Waals surface area (Å²) in [4.78, 5) is 13.3. The summed E-state index contributed by atoms with van der Waals surface area (Å²) in [5, 5.41) is 3.43. The van der Waals surface area contributed by atoms with E-state index in [-0.39, 0.29) is 13.1 Å². The zero-order chi connectivity index (χ0) is 19.3. The third-order valence-corrected chi connectivity index (χ3v) is 6.15. The highest BCUT2D eigenvalue weighted by molar-refractivity contribution is 7.98. The first kappa shape index (κ1) is 21.1. The van der Waals surface area contributed by atoms with Gasteiger partial charge in [0.25, 0.3) is 0 Å². The van der Waals surface area contributed by atoms with Gasteiger partial charge in [0.05, 0.1) is 22.8 Å². The summed E-state index contributed by atoms with van der Waals surface area (Å²) < 4.78 is 25.2. The third-order valence-electron chi connectivity index (χ3n) is 3.49. The van der Waals surface area contributed by atoms with Gasteiger partial charge in [0.15, 0.2) is 0 Å². The quantitative estimate of drug-likeness (QED) is 0.668. The molecule has 2 aromatic rings. The number of hydrogen-bond acceptors (Lipinski definition) is 4. The molecule has 0 aliphatic carbocycles. The molecular weight excluding hydrogens is 415 g/mol. The molecule has 0 fully saturated rings. The van der Waals surface area contributed by atoms with Gasteiger partial charge in [-0.05, 0) is 42.2 Å². The smallest absolute Gasteiger partial charge is 0.239 e. The average molecular weight is 433 g/mol. The second-order valence-corrected chi connectivity index (χ2v) is 9.24. The van der Waals surface area contributed by atoms with E-state index >= 15 is 0 Å². The minimum Gasteiger partial charge on any atom is -0.325 e. The van der Waals surface area contributed by atoms with Crippen LogP contribution in [0.25, 0.3) is 0 Å². The Bertz CT molecular complexity index is 905. The highest BCUT2D eigenvalue weighted by atomic mass is 35.5. The Kier molecular flexibility index (Phi) is 7.37. The molecule has 140 valence electrons. The molecule has 2 aromatic carbocycles. The number of anilines is 1. The van der Waals surface area contributed by atoms with Gasteiger partial charge in [-0.2, -0.15) is 4.31 Å². The first-order chi connectivity index (χ1) is 12.2. The molecule has 5 nitrogen and oxygen atoms in total. The lowest BCUT2D eigenvalue weighted by Crippen LogP contribution is -2.36.